The third-order valence-electron chi connectivity index (χ3n) is 3.49. The van der Waals surface area contributed by atoms with Crippen LogP contribution in [0.5, 0.6) is 0 Å². The van der Waals surface area contributed by atoms with Gasteiger partial charge in [-0.05, 0) is 12.1 Å². The summed E-state index contributed by atoms with van der Waals surface area (Å²) in [5.74, 6) is 0.814. The Hall–Kier alpha value is -2.37. The molecule has 1 saturated heterocycles. The van der Waals surface area contributed by atoms with E-state index in [2.05, 4.69) is 36.1 Å². The van der Waals surface area contributed by atoms with Crippen molar-refractivity contribution in [1.82, 2.24) is 15.0 Å². The van der Waals surface area contributed by atoms with Gasteiger partial charge in [0.15, 0.2) is 0 Å². The first-order valence-electron chi connectivity index (χ1n) is 6.76. The summed E-state index contributed by atoms with van der Waals surface area (Å²) >= 11 is 0. The van der Waals surface area contributed by atoms with Crippen LogP contribution >= 0.6 is 0 Å². The molecule has 3 rings (SSSR count). The van der Waals surface area contributed by atoms with Gasteiger partial charge >= 0.3 is 0 Å². The Bertz CT molecular complexity index is 551. The van der Waals surface area contributed by atoms with Crippen molar-refractivity contribution in [2.45, 2.75) is 0 Å². The fourth-order valence-corrected chi connectivity index (χ4v) is 2.36. The van der Waals surface area contributed by atoms with Gasteiger partial charge in [-0.3, -0.25) is 4.98 Å². The minimum absolute atomic E-state index is 0.814. The molecule has 0 atom stereocenters. The van der Waals surface area contributed by atoms with Gasteiger partial charge in [0.1, 0.15) is 0 Å². The number of piperazine rings is 1. The molecule has 104 valence electrons. The number of aromatic nitrogens is 3. The predicted octanol–water partition coefficient (Wildman–Crippen LogP) is 1.24. The molecule has 0 aliphatic carbocycles. The molecule has 0 bridgehead atoms. The van der Waals surface area contributed by atoms with Gasteiger partial charge < -0.3 is 15.1 Å². The average molecular weight is 270 g/mol. The van der Waals surface area contributed by atoms with Crippen molar-refractivity contribution in [3.8, 4) is 0 Å². The highest BCUT2D eigenvalue weighted by molar-refractivity contribution is 5.56. The molecule has 1 aliphatic heterocycles. The van der Waals surface area contributed by atoms with Crippen molar-refractivity contribution in [1.29, 1.82) is 0 Å². The van der Waals surface area contributed by atoms with E-state index in [1.54, 1.807) is 12.4 Å². The van der Waals surface area contributed by atoms with E-state index in [9.17, 15) is 0 Å². The zero-order valence-electron chi connectivity index (χ0n) is 11.5. The van der Waals surface area contributed by atoms with E-state index >= 15 is 0 Å². The van der Waals surface area contributed by atoms with Gasteiger partial charge in [0.05, 0.1) is 23.8 Å². The Morgan fingerprint density at radius 1 is 1.00 bits per heavy atom. The van der Waals surface area contributed by atoms with Gasteiger partial charge in [-0.25, -0.2) is 9.97 Å². The van der Waals surface area contributed by atoms with Gasteiger partial charge in [0.2, 0.25) is 5.95 Å². The van der Waals surface area contributed by atoms with E-state index in [1.165, 1.54) is 0 Å². The molecule has 3 heterocycles. The maximum absolute atomic E-state index is 4.30. The van der Waals surface area contributed by atoms with Gasteiger partial charge in [0, 0.05) is 45.6 Å². The van der Waals surface area contributed by atoms with Crippen molar-refractivity contribution in [3.63, 3.8) is 0 Å². The van der Waals surface area contributed by atoms with Crippen molar-refractivity contribution in [3.05, 3.63) is 36.9 Å². The molecular formula is C14H18N6. The maximum atomic E-state index is 4.30. The Morgan fingerprint density at radius 3 is 2.40 bits per heavy atom. The lowest BCUT2D eigenvalue weighted by molar-refractivity contribution is 0.639. The summed E-state index contributed by atoms with van der Waals surface area (Å²) in [5, 5.41) is 3.12. The number of anilines is 3. The molecule has 2 aromatic heterocycles. The molecule has 0 amide bonds. The topological polar surface area (TPSA) is 57.2 Å². The number of rotatable bonds is 3. The SMILES string of the molecule is CNc1cncc(N2CCN(c3ncccn3)CC2)c1. The van der Waals surface area contributed by atoms with Gasteiger partial charge in [-0.1, -0.05) is 0 Å². The molecule has 20 heavy (non-hydrogen) atoms. The molecule has 6 nitrogen and oxygen atoms in total. The van der Waals surface area contributed by atoms with Crippen LogP contribution in [0, 0.1) is 0 Å². The summed E-state index contributed by atoms with van der Waals surface area (Å²) in [5.41, 5.74) is 2.20. The maximum Gasteiger partial charge on any atom is 0.225 e. The molecule has 1 N–H and O–H groups in total. The summed E-state index contributed by atoms with van der Waals surface area (Å²) in [4.78, 5) is 17.4. The standard InChI is InChI=1S/C14H18N6/c1-15-12-9-13(11-16-10-12)19-5-7-20(8-6-19)14-17-3-2-4-18-14/h2-4,9-11,15H,5-8H2,1H3. The predicted molar refractivity (Wildman–Crippen MR) is 80.2 cm³/mol. The lowest BCUT2D eigenvalue weighted by Gasteiger charge is -2.35. The first-order valence-corrected chi connectivity index (χ1v) is 6.76. The monoisotopic (exact) mass is 270 g/mol. The second kappa shape index (κ2) is 5.73. The highest BCUT2D eigenvalue weighted by Gasteiger charge is 2.19. The van der Waals surface area contributed by atoms with E-state index in [4.69, 9.17) is 0 Å². The van der Waals surface area contributed by atoms with E-state index < -0.39 is 0 Å². The van der Waals surface area contributed by atoms with Crippen LogP contribution < -0.4 is 15.1 Å². The second-order valence-electron chi connectivity index (χ2n) is 4.70. The Kier molecular flexibility index (Phi) is 3.62. The van der Waals surface area contributed by atoms with Gasteiger partial charge in [-0.15, -0.1) is 0 Å². The average Bonchev–Trinajstić information content (AvgIpc) is 2.56. The van der Waals surface area contributed by atoms with E-state index in [0.717, 1.165) is 43.5 Å². The number of pyridine rings is 1. The van der Waals surface area contributed by atoms with Crippen molar-refractivity contribution < 1.29 is 0 Å². The number of nitrogens with zero attached hydrogens (tertiary/aromatic N) is 5. The van der Waals surface area contributed by atoms with Crippen LogP contribution in [0.25, 0.3) is 0 Å². The largest absolute Gasteiger partial charge is 0.387 e. The van der Waals surface area contributed by atoms with Gasteiger partial charge in [-0.2, -0.15) is 0 Å². The fraction of sp³-hybridized carbons (Fsp3) is 0.357. The lowest BCUT2D eigenvalue weighted by Crippen LogP contribution is -2.47. The van der Waals surface area contributed by atoms with Crippen LogP contribution in [0.2, 0.25) is 0 Å². The Labute approximate surface area is 118 Å². The molecule has 2 aromatic rings. The van der Waals surface area contributed by atoms with Crippen LogP contribution in [0.15, 0.2) is 36.9 Å². The Balaban J connectivity index is 1.66. The van der Waals surface area contributed by atoms with Crippen molar-refractivity contribution in [2.24, 2.45) is 0 Å². The minimum atomic E-state index is 0.814. The normalized spacial score (nSPS) is 15.2. The van der Waals surface area contributed by atoms with Crippen molar-refractivity contribution >= 4 is 17.3 Å². The molecule has 0 aromatic carbocycles. The first kappa shape index (κ1) is 12.7. The van der Waals surface area contributed by atoms with E-state index in [0.29, 0.717) is 0 Å². The minimum Gasteiger partial charge on any atom is -0.387 e. The van der Waals surface area contributed by atoms with Crippen LogP contribution in [0.4, 0.5) is 17.3 Å². The summed E-state index contributed by atoms with van der Waals surface area (Å²) in [6.07, 6.45) is 7.32. The molecule has 0 saturated carbocycles. The zero-order chi connectivity index (χ0) is 13.8. The third-order valence-corrected chi connectivity index (χ3v) is 3.49. The van der Waals surface area contributed by atoms with Crippen LogP contribution in [0.3, 0.4) is 0 Å². The molecule has 1 aliphatic rings. The second-order valence-corrected chi connectivity index (χ2v) is 4.70. The fourth-order valence-electron chi connectivity index (χ4n) is 2.36. The quantitative estimate of drug-likeness (QED) is 0.905. The summed E-state index contributed by atoms with van der Waals surface area (Å²) < 4.78 is 0. The molecule has 6 heteroatoms. The number of hydrogen-bond acceptors (Lipinski definition) is 6. The van der Waals surface area contributed by atoms with Crippen LogP contribution in [-0.2, 0) is 0 Å². The van der Waals surface area contributed by atoms with Crippen molar-refractivity contribution in [2.75, 3.05) is 48.3 Å². The summed E-state index contributed by atoms with van der Waals surface area (Å²) in [7, 11) is 1.91. The molecule has 0 unspecified atom stereocenters. The third kappa shape index (κ3) is 2.64. The molecule has 1 fully saturated rings. The van der Waals surface area contributed by atoms with Crippen LogP contribution in [-0.4, -0.2) is 48.2 Å². The molecular weight excluding hydrogens is 252 g/mol. The van der Waals surface area contributed by atoms with Gasteiger partial charge in [0.25, 0.3) is 0 Å². The number of hydrogen-bond donors (Lipinski definition) is 1. The van der Waals surface area contributed by atoms with E-state index in [1.807, 2.05) is 25.5 Å². The summed E-state index contributed by atoms with van der Waals surface area (Å²) in [6.45, 7) is 3.75. The molecule has 0 radical (unpaired) electrons. The smallest absolute Gasteiger partial charge is 0.225 e. The lowest BCUT2D eigenvalue weighted by atomic mass is 10.2. The first-order chi connectivity index (χ1) is 9.86. The molecule has 0 spiro atoms. The zero-order valence-corrected chi connectivity index (χ0v) is 11.5. The summed E-state index contributed by atoms with van der Waals surface area (Å²) in [6, 6.07) is 3.97. The highest BCUT2D eigenvalue weighted by atomic mass is 15.3. The Morgan fingerprint density at radius 2 is 1.70 bits per heavy atom. The van der Waals surface area contributed by atoms with Crippen LogP contribution in [0.1, 0.15) is 0 Å². The van der Waals surface area contributed by atoms with E-state index in [-0.39, 0.29) is 0 Å². The number of nitrogens with one attached hydrogen (secondary N) is 1. The highest BCUT2D eigenvalue weighted by Crippen LogP contribution is 2.20.